The average molecular weight is 154 g/mol. The van der Waals surface area contributed by atoms with Crippen LogP contribution in [0, 0.1) is 5.92 Å². The molecule has 66 valence electrons. The molecule has 0 heteroatoms. The molecule has 0 heterocycles. The van der Waals surface area contributed by atoms with Gasteiger partial charge in [-0.15, -0.1) is 0 Å². The van der Waals surface area contributed by atoms with Gasteiger partial charge in [-0.3, -0.25) is 0 Å². The summed E-state index contributed by atoms with van der Waals surface area (Å²) in [5, 5.41) is 0. The van der Waals surface area contributed by atoms with Crippen molar-refractivity contribution >= 4 is 0 Å². The Balaban J connectivity index is 0.000000112. The van der Waals surface area contributed by atoms with Crippen molar-refractivity contribution in [3.05, 3.63) is 0 Å². The summed E-state index contributed by atoms with van der Waals surface area (Å²) in [5.74, 6) is 1.12. The van der Waals surface area contributed by atoms with Gasteiger partial charge in [0.05, 0.1) is 0 Å². The molecule has 2 fully saturated rings. The maximum Gasteiger partial charge on any atom is -0.0417 e. The molecule has 0 atom stereocenters. The number of hydrogen-bond acceptors (Lipinski definition) is 0. The van der Waals surface area contributed by atoms with Crippen LogP contribution in [0.3, 0.4) is 0 Å². The Bertz CT molecular complexity index is 67.7. The Morgan fingerprint density at radius 2 is 1.27 bits per heavy atom. The minimum Gasteiger partial charge on any atom is -0.0651 e. The van der Waals surface area contributed by atoms with E-state index in [-0.39, 0.29) is 0 Å². The summed E-state index contributed by atoms with van der Waals surface area (Å²) < 4.78 is 0. The highest BCUT2D eigenvalue weighted by molar-refractivity contribution is 4.66. The standard InChI is InChI=1S/C6H12.C5H10/c1-2-6-4-3-5-6;1-2-4-5-3-1/h6H,2-5H2,1H3;1-5H2. The fourth-order valence-corrected chi connectivity index (χ4v) is 1.78. The summed E-state index contributed by atoms with van der Waals surface area (Å²) in [4.78, 5) is 0. The molecule has 2 aliphatic carbocycles. The lowest BCUT2D eigenvalue weighted by Crippen LogP contribution is -2.08. The van der Waals surface area contributed by atoms with E-state index in [2.05, 4.69) is 6.92 Å². The first-order chi connectivity index (χ1) is 5.43. The van der Waals surface area contributed by atoms with Gasteiger partial charge < -0.3 is 0 Å². The van der Waals surface area contributed by atoms with E-state index >= 15 is 0 Å². The van der Waals surface area contributed by atoms with E-state index in [0.29, 0.717) is 0 Å². The summed E-state index contributed by atoms with van der Waals surface area (Å²) in [6.07, 6.45) is 13.4. The van der Waals surface area contributed by atoms with Gasteiger partial charge in [0.25, 0.3) is 0 Å². The zero-order valence-corrected chi connectivity index (χ0v) is 7.94. The molecule has 0 spiro atoms. The van der Waals surface area contributed by atoms with Gasteiger partial charge >= 0.3 is 0 Å². The monoisotopic (exact) mass is 154 g/mol. The van der Waals surface area contributed by atoms with Crippen LogP contribution in [0.2, 0.25) is 0 Å². The SMILES string of the molecule is C1CCCC1.CCC1CCC1. The third kappa shape index (κ3) is 3.79. The Labute approximate surface area is 71.4 Å². The average Bonchev–Trinajstić information content (AvgIpc) is 2.39. The zero-order chi connectivity index (χ0) is 7.94. The molecule has 2 rings (SSSR count). The minimum absolute atomic E-state index is 1.12. The minimum atomic E-state index is 1.12. The Hall–Kier alpha value is 0. The highest BCUT2D eigenvalue weighted by atomic mass is 14.2. The predicted octanol–water partition coefficient (Wildman–Crippen LogP) is 4.15. The molecule has 0 bridgehead atoms. The van der Waals surface area contributed by atoms with Crippen LogP contribution in [-0.4, -0.2) is 0 Å². The molecule has 2 aliphatic rings. The molecular weight excluding hydrogens is 132 g/mol. The van der Waals surface area contributed by atoms with Gasteiger partial charge in [-0.1, -0.05) is 64.7 Å². The normalized spacial score (nSPS) is 23.7. The highest BCUT2D eigenvalue weighted by Crippen LogP contribution is 2.28. The maximum atomic E-state index is 2.28. The summed E-state index contributed by atoms with van der Waals surface area (Å²) in [5.41, 5.74) is 0. The second-order valence-electron chi connectivity index (χ2n) is 3.97. The molecule has 0 aromatic rings. The van der Waals surface area contributed by atoms with Crippen LogP contribution >= 0.6 is 0 Å². The second kappa shape index (κ2) is 5.62. The summed E-state index contributed by atoms with van der Waals surface area (Å²) in [7, 11) is 0. The van der Waals surface area contributed by atoms with Gasteiger partial charge in [0.2, 0.25) is 0 Å². The van der Waals surface area contributed by atoms with Gasteiger partial charge in [0.15, 0.2) is 0 Å². The van der Waals surface area contributed by atoms with Crippen LogP contribution in [0.1, 0.15) is 64.7 Å². The fraction of sp³-hybridized carbons (Fsp3) is 1.00. The van der Waals surface area contributed by atoms with Crippen LogP contribution in [0.4, 0.5) is 0 Å². The molecule has 0 saturated heterocycles. The van der Waals surface area contributed by atoms with E-state index in [4.69, 9.17) is 0 Å². The molecule has 0 aliphatic heterocycles. The Morgan fingerprint density at radius 3 is 1.36 bits per heavy atom. The molecule has 0 N–H and O–H groups in total. The topological polar surface area (TPSA) is 0 Å². The molecular formula is C11H22. The van der Waals surface area contributed by atoms with Crippen molar-refractivity contribution < 1.29 is 0 Å². The summed E-state index contributed by atoms with van der Waals surface area (Å²) in [6.45, 7) is 2.28. The molecule has 0 radical (unpaired) electrons. The molecule has 0 amide bonds. The van der Waals surface area contributed by atoms with Crippen molar-refractivity contribution in [3.63, 3.8) is 0 Å². The predicted molar refractivity (Wildman–Crippen MR) is 50.7 cm³/mol. The smallest absolute Gasteiger partial charge is 0.0417 e. The lowest BCUT2D eigenvalue weighted by molar-refractivity contribution is 0.307. The van der Waals surface area contributed by atoms with Crippen molar-refractivity contribution in [1.29, 1.82) is 0 Å². The van der Waals surface area contributed by atoms with Crippen molar-refractivity contribution in [3.8, 4) is 0 Å². The number of rotatable bonds is 1. The first-order valence-corrected chi connectivity index (χ1v) is 5.43. The molecule has 0 aromatic heterocycles. The van der Waals surface area contributed by atoms with Crippen LogP contribution in [0.5, 0.6) is 0 Å². The van der Waals surface area contributed by atoms with E-state index in [1.54, 1.807) is 0 Å². The number of hydrogen-bond donors (Lipinski definition) is 0. The van der Waals surface area contributed by atoms with Gasteiger partial charge in [-0.2, -0.15) is 0 Å². The van der Waals surface area contributed by atoms with E-state index in [0.717, 1.165) is 5.92 Å². The van der Waals surface area contributed by atoms with Crippen molar-refractivity contribution in [2.75, 3.05) is 0 Å². The largest absolute Gasteiger partial charge is 0.0651 e. The molecule has 11 heavy (non-hydrogen) atoms. The summed E-state index contributed by atoms with van der Waals surface area (Å²) >= 11 is 0. The van der Waals surface area contributed by atoms with E-state index in [9.17, 15) is 0 Å². The zero-order valence-electron chi connectivity index (χ0n) is 7.94. The van der Waals surface area contributed by atoms with Crippen LogP contribution in [-0.2, 0) is 0 Å². The maximum absolute atomic E-state index is 2.28. The lowest BCUT2D eigenvalue weighted by Gasteiger charge is -2.22. The quantitative estimate of drug-likeness (QED) is 0.532. The van der Waals surface area contributed by atoms with Crippen LogP contribution in [0.25, 0.3) is 0 Å². The van der Waals surface area contributed by atoms with Gasteiger partial charge in [0, 0.05) is 0 Å². The van der Waals surface area contributed by atoms with Gasteiger partial charge in [0.1, 0.15) is 0 Å². The molecule has 0 unspecified atom stereocenters. The van der Waals surface area contributed by atoms with E-state index in [1.807, 2.05) is 0 Å². The van der Waals surface area contributed by atoms with E-state index in [1.165, 1.54) is 57.8 Å². The van der Waals surface area contributed by atoms with Crippen molar-refractivity contribution in [2.24, 2.45) is 5.92 Å². The Morgan fingerprint density at radius 1 is 0.818 bits per heavy atom. The molecule has 2 saturated carbocycles. The first kappa shape index (κ1) is 9.09. The van der Waals surface area contributed by atoms with E-state index < -0.39 is 0 Å². The van der Waals surface area contributed by atoms with Gasteiger partial charge in [-0.25, -0.2) is 0 Å². The Kier molecular flexibility index (Phi) is 4.65. The van der Waals surface area contributed by atoms with Crippen LogP contribution in [0.15, 0.2) is 0 Å². The van der Waals surface area contributed by atoms with Crippen molar-refractivity contribution in [1.82, 2.24) is 0 Å². The third-order valence-corrected chi connectivity index (χ3v) is 3.05. The second-order valence-corrected chi connectivity index (χ2v) is 3.97. The molecule has 0 nitrogen and oxygen atoms in total. The fourth-order valence-electron chi connectivity index (χ4n) is 1.78. The van der Waals surface area contributed by atoms with Gasteiger partial charge in [-0.05, 0) is 5.92 Å². The third-order valence-electron chi connectivity index (χ3n) is 3.05. The summed E-state index contributed by atoms with van der Waals surface area (Å²) in [6, 6.07) is 0. The lowest BCUT2D eigenvalue weighted by atomic mass is 9.84. The van der Waals surface area contributed by atoms with Crippen LogP contribution < -0.4 is 0 Å². The highest BCUT2D eigenvalue weighted by Gasteiger charge is 2.13. The van der Waals surface area contributed by atoms with Crippen molar-refractivity contribution in [2.45, 2.75) is 64.7 Å². The molecule has 0 aromatic carbocycles. The first-order valence-electron chi connectivity index (χ1n) is 5.43.